The van der Waals surface area contributed by atoms with Gasteiger partial charge in [0.1, 0.15) is 11.6 Å². The normalized spacial score (nSPS) is 9.71. The molecule has 6 heteroatoms. The van der Waals surface area contributed by atoms with E-state index >= 15 is 0 Å². The third-order valence-corrected chi connectivity index (χ3v) is 2.95. The number of hydrogen-bond acceptors (Lipinski definition) is 5. The highest BCUT2D eigenvalue weighted by Crippen LogP contribution is 2.40. The van der Waals surface area contributed by atoms with Crippen molar-refractivity contribution < 1.29 is 19.3 Å². The van der Waals surface area contributed by atoms with E-state index in [0.29, 0.717) is 5.56 Å². The number of halogens is 1. The van der Waals surface area contributed by atoms with Crippen LogP contribution >= 0.6 is 0 Å². The van der Waals surface area contributed by atoms with E-state index in [1.807, 2.05) is 6.07 Å². The molecule has 104 valence electrons. The molecule has 0 radical (unpaired) electrons. The maximum Gasteiger partial charge on any atom is 0.176 e. The second kappa shape index (κ2) is 5.40. The Morgan fingerprint density at radius 2 is 1.86 bits per heavy atom. The van der Waals surface area contributed by atoms with Gasteiger partial charge in [0.25, 0.3) is 0 Å². The van der Waals surface area contributed by atoms with Gasteiger partial charge in [0.05, 0.1) is 18.7 Å². The molecule has 0 aromatic heterocycles. The third-order valence-electron chi connectivity index (χ3n) is 2.95. The Kier molecular flexibility index (Phi) is 3.64. The number of benzene rings is 2. The lowest BCUT2D eigenvalue weighted by atomic mass is 9.94. The van der Waals surface area contributed by atoms with Gasteiger partial charge in [-0.3, -0.25) is 0 Å². The Morgan fingerprint density at radius 1 is 1.14 bits per heavy atom. The van der Waals surface area contributed by atoms with E-state index in [1.165, 1.54) is 19.2 Å². The number of methoxy groups -OCH3 is 1. The first-order valence-corrected chi connectivity index (χ1v) is 5.76. The fourth-order valence-electron chi connectivity index (χ4n) is 1.97. The topological polar surface area (TPSA) is 97.3 Å². The van der Waals surface area contributed by atoms with E-state index < -0.39 is 17.3 Å². The second-order valence-electron chi connectivity index (χ2n) is 4.11. The lowest BCUT2D eigenvalue weighted by Crippen LogP contribution is -1.94. The summed E-state index contributed by atoms with van der Waals surface area (Å²) in [6.45, 7) is 0. The fourth-order valence-corrected chi connectivity index (χ4v) is 1.97. The lowest BCUT2D eigenvalue weighted by molar-refractivity contribution is 0.386. The van der Waals surface area contributed by atoms with Crippen molar-refractivity contribution in [2.75, 3.05) is 7.11 Å². The van der Waals surface area contributed by atoms with Crippen LogP contribution < -0.4 is 4.74 Å². The minimum Gasteiger partial charge on any atom is -0.504 e. The molecule has 0 aliphatic rings. The van der Waals surface area contributed by atoms with Gasteiger partial charge in [0.2, 0.25) is 0 Å². The molecular weight excluding hydrogens is 275 g/mol. The molecule has 0 saturated carbocycles. The minimum absolute atomic E-state index is 0.0180. The quantitative estimate of drug-likeness (QED) is 0.826. The molecular formula is C15H9FN2O3. The van der Waals surface area contributed by atoms with Gasteiger partial charge in [0, 0.05) is 11.6 Å². The summed E-state index contributed by atoms with van der Waals surface area (Å²) in [6.07, 6.45) is 0. The first-order chi connectivity index (χ1) is 10.0. The monoisotopic (exact) mass is 284 g/mol. The predicted molar refractivity (Wildman–Crippen MR) is 71.1 cm³/mol. The largest absolute Gasteiger partial charge is 0.504 e. The number of ether oxygens (including phenoxy) is 1. The van der Waals surface area contributed by atoms with E-state index in [0.717, 1.165) is 12.1 Å². The van der Waals surface area contributed by atoms with E-state index in [9.17, 15) is 14.6 Å². The Balaban J connectivity index is 2.84. The first-order valence-electron chi connectivity index (χ1n) is 5.76. The van der Waals surface area contributed by atoms with Crippen LogP contribution in [-0.2, 0) is 0 Å². The first kappa shape index (κ1) is 14.2. The van der Waals surface area contributed by atoms with Crippen LogP contribution in [0.2, 0.25) is 0 Å². The van der Waals surface area contributed by atoms with Crippen molar-refractivity contribution >= 4 is 0 Å². The molecule has 0 fully saturated rings. The number of hydrogen-bond donors (Lipinski definition) is 2. The number of phenols is 2. The molecule has 0 aliphatic heterocycles. The third kappa shape index (κ3) is 2.31. The van der Waals surface area contributed by atoms with E-state index in [1.54, 1.807) is 6.07 Å². The molecule has 2 aromatic rings. The van der Waals surface area contributed by atoms with Crippen LogP contribution in [0.3, 0.4) is 0 Å². The zero-order valence-electron chi connectivity index (χ0n) is 10.9. The maximum absolute atomic E-state index is 13.4. The average Bonchev–Trinajstić information content (AvgIpc) is 2.50. The maximum atomic E-state index is 13.4. The second-order valence-corrected chi connectivity index (χ2v) is 4.11. The highest BCUT2D eigenvalue weighted by molar-refractivity contribution is 5.81. The number of rotatable bonds is 2. The van der Waals surface area contributed by atoms with Crippen LogP contribution in [0, 0.1) is 28.5 Å². The molecule has 5 nitrogen and oxygen atoms in total. The molecule has 0 heterocycles. The Morgan fingerprint density at radius 3 is 2.43 bits per heavy atom. The molecule has 21 heavy (non-hydrogen) atoms. The number of nitrogens with zero attached hydrogens (tertiary/aromatic N) is 2. The van der Waals surface area contributed by atoms with Crippen molar-refractivity contribution in [2.24, 2.45) is 0 Å². The van der Waals surface area contributed by atoms with Crippen molar-refractivity contribution in [1.29, 1.82) is 10.5 Å². The molecule has 2 aromatic carbocycles. The zero-order chi connectivity index (χ0) is 15.6. The molecule has 0 spiro atoms. The molecule has 0 bridgehead atoms. The molecule has 0 unspecified atom stereocenters. The average molecular weight is 284 g/mol. The van der Waals surface area contributed by atoms with E-state index in [4.69, 9.17) is 15.3 Å². The van der Waals surface area contributed by atoms with Crippen LogP contribution in [-0.4, -0.2) is 17.3 Å². The Labute approximate surface area is 119 Å². The smallest absolute Gasteiger partial charge is 0.176 e. The summed E-state index contributed by atoms with van der Waals surface area (Å²) in [5.74, 6) is -1.86. The molecule has 2 rings (SSSR count). The summed E-state index contributed by atoms with van der Waals surface area (Å²) in [7, 11) is 1.28. The van der Waals surface area contributed by atoms with Crippen LogP contribution in [0.4, 0.5) is 4.39 Å². The summed E-state index contributed by atoms with van der Waals surface area (Å²) >= 11 is 0. The van der Waals surface area contributed by atoms with Crippen LogP contribution in [0.5, 0.6) is 17.2 Å². The van der Waals surface area contributed by atoms with Crippen molar-refractivity contribution in [1.82, 2.24) is 0 Å². The molecule has 0 aliphatic carbocycles. The standard InChI is InChI=1S/C15H9FN2O3/c1-21-13-5-8(2-3-11(13)16)14-9(6-17)4-12(19)15(20)10(14)7-18/h2-5,19-20H,1H3. The Bertz CT molecular complexity index is 804. The lowest BCUT2D eigenvalue weighted by Gasteiger charge is -2.11. The van der Waals surface area contributed by atoms with Gasteiger partial charge >= 0.3 is 0 Å². The molecule has 2 N–H and O–H groups in total. The van der Waals surface area contributed by atoms with Gasteiger partial charge in [-0.05, 0) is 17.7 Å². The van der Waals surface area contributed by atoms with Gasteiger partial charge in [-0.2, -0.15) is 10.5 Å². The summed E-state index contributed by atoms with van der Waals surface area (Å²) < 4.78 is 18.3. The summed E-state index contributed by atoms with van der Waals surface area (Å²) in [5.41, 5.74) is 0.140. The molecule has 0 amide bonds. The van der Waals surface area contributed by atoms with Crippen LogP contribution in [0.1, 0.15) is 11.1 Å². The summed E-state index contributed by atoms with van der Waals surface area (Å²) in [5, 5.41) is 37.6. The Hall–Kier alpha value is -3.25. The summed E-state index contributed by atoms with van der Waals surface area (Å²) in [6, 6.07) is 8.40. The van der Waals surface area contributed by atoms with Crippen molar-refractivity contribution in [3.8, 4) is 40.5 Å². The van der Waals surface area contributed by atoms with Crippen LogP contribution in [0.15, 0.2) is 24.3 Å². The number of phenolic OH excluding ortho intramolecular Hbond substituents is 2. The van der Waals surface area contributed by atoms with Gasteiger partial charge in [-0.15, -0.1) is 0 Å². The van der Waals surface area contributed by atoms with Gasteiger partial charge in [-0.1, -0.05) is 6.07 Å². The molecule has 0 atom stereocenters. The van der Waals surface area contributed by atoms with Gasteiger partial charge < -0.3 is 14.9 Å². The zero-order valence-corrected chi connectivity index (χ0v) is 10.9. The van der Waals surface area contributed by atoms with Gasteiger partial charge in [0.15, 0.2) is 23.1 Å². The van der Waals surface area contributed by atoms with Crippen molar-refractivity contribution in [2.45, 2.75) is 0 Å². The van der Waals surface area contributed by atoms with E-state index in [-0.39, 0.29) is 22.4 Å². The minimum atomic E-state index is -0.630. The van der Waals surface area contributed by atoms with E-state index in [2.05, 4.69) is 0 Å². The fraction of sp³-hybridized carbons (Fsp3) is 0.0667. The summed E-state index contributed by atoms with van der Waals surface area (Å²) in [4.78, 5) is 0. The SMILES string of the molecule is COc1cc(-c2c(C#N)cc(O)c(O)c2C#N)ccc1F. The highest BCUT2D eigenvalue weighted by Gasteiger charge is 2.20. The van der Waals surface area contributed by atoms with Crippen LogP contribution in [0.25, 0.3) is 11.1 Å². The predicted octanol–water partition coefficient (Wildman–Crippen LogP) is 2.66. The number of aromatic hydroxyl groups is 2. The number of nitriles is 2. The molecule has 0 saturated heterocycles. The van der Waals surface area contributed by atoms with Crippen molar-refractivity contribution in [3.63, 3.8) is 0 Å². The highest BCUT2D eigenvalue weighted by atomic mass is 19.1. The van der Waals surface area contributed by atoms with Crippen molar-refractivity contribution in [3.05, 3.63) is 41.2 Å². The van der Waals surface area contributed by atoms with Gasteiger partial charge in [-0.25, -0.2) is 4.39 Å².